The lowest BCUT2D eigenvalue weighted by molar-refractivity contribution is -0.152. The van der Waals surface area contributed by atoms with Gasteiger partial charge in [0, 0.05) is 43.6 Å². The lowest BCUT2D eigenvalue weighted by Crippen LogP contribution is -2.42. The second-order valence-electron chi connectivity index (χ2n) is 8.18. The first-order valence-electron chi connectivity index (χ1n) is 10.8. The number of Topliss-reactive ketones (excluding diaryl/α,β-unsaturated/α-hetero) is 1. The van der Waals surface area contributed by atoms with Crippen molar-refractivity contribution in [3.05, 3.63) is 58.7 Å². The van der Waals surface area contributed by atoms with Crippen molar-refractivity contribution in [1.82, 2.24) is 9.47 Å². The largest absolute Gasteiger partial charge is 0.456 e. The van der Waals surface area contributed by atoms with E-state index in [9.17, 15) is 23.9 Å². The molecule has 0 spiro atoms. The second-order valence-corrected chi connectivity index (χ2v) is 8.18. The van der Waals surface area contributed by atoms with Gasteiger partial charge in [-0.1, -0.05) is 18.2 Å². The lowest BCUT2D eigenvalue weighted by Gasteiger charge is -2.23. The number of ether oxygens (including phenoxy) is 2. The molecule has 0 aliphatic carbocycles. The van der Waals surface area contributed by atoms with Crippen LogP contribution in [0.3, 0.4) is 0 Å². The van der Waals surface area contributed by atoms with Gasteiger partial charge in [0.15, 0.2) is 6.61 Å². The molecule has 1 aromatic heterocycles. The Kier molecular flexibility index (Phi) is 7.99. The van der Waals surface area contributed by atoms with Crippen LogP contribution in [-0.2, 0) is 32.0 Å². The van der Waals surface area contributed by atoms with Crippen molar-refractivity contribution >= 4 is 17.7 Å². The molecule has 178 valence electrons. The first-order valence-corrected chi connectivity index (χ1v) is 10.8. The summed E-state index contributed by atoms with van der Waals surface area (Å²) in [5.74, 6) is -2.14. The van der Waals surface area contributed by atoms with E-state index in [2.05, 4.69) is 0 Å². The Morgan fingerprint density at radius 2 is 1.94 bits per heavy atom. The number of benzene rings is 1. The maximum Gasteiger partial charge on any atom is 0.329 e. The number of likely N-dealkylation sites (tertiary alicyclic amines) is 1. The zero-order chi connectivity index (χ0) is 24.1. The number of rotatable bonds is 9. The highest BCUT2D eigenvalue weighted by atomic mass is 19.1. The van der Waals surface area contributed by atoms with Gasteiger partial charge in [0.2, 0.25) is 11.7 Å². The maximum atomic E-state index is 13.9. The third-order valence-corrected chi connectivity index (χ3v) is 5.91. The molecule has 8 nitrogen and oxygen atoms in total. The van der Waals surface area contributed by atoms with Gasteiger partial charge in [-0.15, -0.1) is 0 Å². The van der Waals surface area contributed by atoms with Gasteiger partial charge in [-0.2, -0.15) is 0 Å². The second kappa shape index (κ2) is 10.7. The van der Waals surface area contributed by atoms with Crippen LogP contribution in [0.25, 0.3) is 0 Å². The number of hydrogen-bond donors (Lipinski definition) is 1. The Hall–Kier alpha value is -3.04. The number of methoxy groups -OCH3 is 1. The molecular weight excluding hydrogens is 431 g/mol. The molecule has 1 aromatic carbocycles. The number of halogens is 1. The fourth-order valence-electron chi connectivity index (χ4n) is 4.14. The van der Waals surface area contributed by atoms with Crippen LogP contribution in [0.2, 0.25) is 0 Å². The molecule has 33 heavy (non-hydrogen) atoms. The minimum absolute atomic E-state index is 0.00155. The Balaban J connectivity index is 1.63. The lowest BCUT2D eigenvalue weighted by atomic mass is 10.1. The molecule has 1 fully saturated rings. The minimum Gasteiger partial charge on any atom is -0.456 e. The summed E-state index contributed by atoms with van der Waals surface area (Å²) >= 11 is 0. The summed E-state index contributed by atoms with van der Waals surface area (Å²) in [4.78, 5) is 39.3. The highest BCUT2D eigenvalue weighted by Crippen LogP contribution is 2.22. The molecule has 0 bridgehead atoms. The molecule has 0 saturated carbocycles. The van der Waals surface area contributed by atoms with Gasteiger partial charge in [0.25, 0.3) is 0 Å². The number of β-amino-alcohol motifs (C(OH)–C–C–N with tert-alkyl or cyclic N) is 1. The average Bonchev–Trinajstić information content (AvgIpc) is 3.31. The topological polar surface area (TPSA) is 98.1 Å². The predicted octanol–water partition coefficient (Wildman–Crippen LogP) is 1.82. The fourth-order valence-corrected chi connectivity index (χ4v) is 4.14. The van der Waals surface area contributed by atoms with Crippen LogP contribution in [0.1, 0.15) is 33.7 Å². The van der Waals surface area contributed by atoms with E-state index in [1.165, 1.54) is 23.1 Å². The molecule has 2 unspecified atom stereocenters. The van der Waals surface area contributed by atoms with Gasteiger partial charge in [0.05, 0.1) is 19.1 Å². The first-order chi connectivity index (χ1) is 15.7. The van der Waals surface area contributed by atoms with Gasteiger partial charge in [0.1, 0.15) is 11.9 Å². The van der Waals surface area contributed by atoms with Crippen LogP contribution in [0, 0.1) is 19.7 Å². The van der Waals surface area contributed by atoms with Crippen LogP contribution in [0.4, 0.5) is 4.39 Å². The number of aliphatic hydroxyl groups is 1. The van der Waals surface area contributed by atoms with Crippen LogP contribution in [-0.4, -0.2) is 71.2 Å². The van der Waals surface area contributed by atoms with Crippen molar-refractivity contribution in [2.45, 2.75) is 45.4 Å². The van der Waals surface area contributed by atoms with Crippen molar-refractivity contribution < 1.29 is 33.4 Å². The van der Waals surface area contributed by atoms with Crippen LogP contribution >= 0.6 is 0 Å². The zero-order valence-electron chi connectivity index (χ0n) is 19.0. The van der Waals surface area contributed by atoms with Gasteiger partial charge in [-0.05, 0) is 31.5 Å². The molecule has 1 aliphatic rings. The monoisotopic (exact) mass is 460 g/mol. The fraction of sp³-hybridized carbons (Fsp3) is 0.458. The summed E-state index contributed by atoms with van der Waals surface area (Å²) in [7, 11) is 1.60. The van der Waals surface area contributed by atoms with E-state index in [0.29, 0.717) is 18.7 Å². The van der Waals surface area contributed by atoms with E-state index in [4.69, 9.17) is 9.47 Å². The third kappa shape index (κ3) is 5.66. The molecule has 0 radical (unpaired) electrons. The average molecular weight is 461 g/mol. The van der Waals surface area contributed by atoms with Gasteiger partial charge < -0.3 is 24.0 Å². The van der Waals surface area contributed by atoms with Crippen molar-refractivity contribution in [3.63, 3.8) is 0 Å². The highest BCUT2D eigenvalue weighted by molar-refractivity contribution is 5.99. The Morgan fingerprint density at radius 1 is 1.21 bits per heavy atom. The summed E-state index contributed by atoms with van der Waals surface area (Å²) in [6.45, 7) is 4.26. The van der Waals surface area contributed by atoms with Crippen LogP contribution < -0.4 is 0 Å². The van der Waals surface area contributed by atoms with E-state index in [0.717, 1.165) is 11.4 Å². The number of aryl methyl sites for hydroxylation is 1. The summed E-state index contributed by atoms with van der Waals surface area (Å²) in [6.07, 6.45) is -1.14. The smallest absolute Gasteiger partial charge is 0.329 e. The van der Waals surface area contributed by atoms with Crippen molar-refractivity contribution in [2.75, 3.05) is 26.9 Å². The summed E-state index contributed by atoms with van der Waals surface area (Å²) in [5.41, 5.74) is 2.30. The number of carbonyl (C=O) groups is 3. The first kappa shape index (κ1) is 24.6. The Morgan fingerprint density at radius 3 is 2.64 bits per heavy atom. The number of ketones is 1. The summed E-state index contributed by atoms with van der Waals surface area (Å²) in [5, 5.41) is 10.0. The van der Waals surface area contributed by atoms with Crippen molar-refractivity contribution in [3.8, 4) is 0 Å². The number of aromatic nitrogens is 1. The normalized spacial score (nSPS) is 17.9. The van der Waals surface area contributed by atoms with Crippen LogP contribution in [0.15, 0.2) is 30.3 Å². The van der Waals surface area contributed by atoms with E-state index < -0.39 is 36.4 Å². The van der Waals surface area contributed by atoms with E-state index in [1.54, 1.807) is 19.2 Å². The van der Waals surface area contributed by atoms with Gasteiger partial charge in [-0.25, -0.2) is 9.18 Å². The quantitative estimate of drug-likeness (QED) is 0.453. The van der Waals surface area contributed by atoms with E-state index in [1.807, 2.05) is 18.4 Å². The molecule has 1 saturated heterocycles. The minimum atomic E-state index is -1.03. The number of carbonyl (C=O) groups excluding carboxylic acids is 3. The molecule has 1 amide bonds. The number of esters is 1. The molecule has 1 aliphatic heterocycles. The van der Waals surface area contributed by atoms with Crippen molar-refractivity contribution in [1.29, 1.82) is 0 Å². The molecule has 9 heteroatoms. The van der Waals surface area contributed by atoms with Crippen LogP contribution in [0.5, 0.6) is 0 Å². The SMILES string of the molecule is COCCn1c(C)cc(C(=O)COC(=O)C2CC(O)CN2C(=O)Cc2ccccc2F)c1C. The molecular formula is C24H29FN2O6. The van der Waals surface area contributed by atoms with E-state index in [-0.39, 0.29) is 30.7 Å². The Labute approximate surface area is 191 Å². The van der Waals surface area contributed by atoms with Gasteiger partial charge >= 0.3 is 5.97 Å². The Bertz CT molecular complexity index is 1030. The standard InChI is InChI=1S/C24H29FN2O6/c1-15-10-19(16(2)26(15)8-9-32-3)22(29)14-33-24(31)21-12-18(28)13-27(21)23(30)11-17-6-4-5-7-20(17)25/h4-7,10,18,21,28H,8-9,11-14H2,1-3H3. The summed E-state index contributed by atoms with van der Waals surface area (Å²) < 4.78 is 26.2. The molecule has 3 rings (SSSR count). The van der Waals surface area contributed by atoms with E-state index >= 15 is 0 Å². The van der Waals surface area contributed by atoms with Gasteiger partial charge in [-0.3, -0.25) is 9.59 Å². The predicted molar refractivity (Wildman–Crippen MR) is 117 cm³/mol. The number of nitrogens with zero attached hydrogens (tertiary/aromatic N) is 2. The third-order valence-electron chi connectivity index (χ3n) is 5.91. The molecule has 2 heterocycles. The zero-order valence-corrected chi connectivity index (χ0v) is 19.0. The molecule has 2 atom stereocenters. The number of hydrogen-bond acceptors (Lipinski definition) is 6. The number of aliphatic hydroxyl groups excluding tert-OH is 1. The maximum absolute atomic E-state index is 13.9. The number of amides is 1. The molecule has 1 N–H and O–H groups in total. The molecule has 2 aromatic rings. The van der Waals surface area contributed by atoms with Crippen molar-refractivity contribution in [2.24, 2.45) is 0 Å². The summed E-state index contributed by atoms with van der Waals surface area (Å²) in [6, 6.07) is 6.61. The highest BCUT2D eigenvalue weighted by Gasteiger charge is 2.40.